The summed E-state index contributed by atoms with van der Waals surface area (Å²) in [4.78, 5) is 11.3. The number of carboxylic acids is 1. The van der Waals surface area contributed by atoms with E-state index in [1.807, 2.05) is 51.1 Å². The van der Waals surface area contributed by atoms with Crippen LogP contribution in [0.1, 0.15) is 27.7 Å². The van der Waals surface area contributed by atoms with Crippen molar-refractivity contribution in [2.24, 2.45) is 0 Å². The van der Waals surface area contributed by atoms with Crippen LogP contribution >= 0.6 is 0 Å². The molecule has 0 aliphatic heterocycles. The molecule has 0 saturated heterocycles. The van der Waals surface area contributed by atoms with Crippen molar-refractivity contribution >= 4 is 11.7 Å². The SMILES string of the molecule is C[C@@H](OC(C)(C)C)[C@@H](Nc1ccccc1)C(=O)O. The van der Waals surface area contributed by atoms with E-state index in [9.17, 15) is 9.90 Å². The number of hydrogen-bond acceptors (Lipinski definition) is 3. The van der Waals surface area contributed by atoms with Crippen molar-refractivity contribution in [3.8, 4) is 0 Å². The molecular formula is C14H21NO3. The molecule has 18 heavy (non-hydrogen) atoms. The molecule has 0 amide bonds. The number of nitrogens with one attached hydrogen (secondary N) is 1. The topological polar surface area (TPSA) is 58.6 Å². The van der Waals surface area contributed by atoms with Crippen molar-refractivity contribution in [2.45, 2.75) is 45.4 Å². The summed E-state index contributed by atoms with van der Waals surface area (Å²) < 4.78 is 5.69. The summed E-state index contributed by atoms with van der Waals surface area (Å²) in [5.74, 6) is -0.921. The van der Waals surface area contributed by atoms with Crippen molar-refractivity contribution in [3.05, 3.63) is 30.3 Å². The van der Waals surface area contributed by atoms with Gasteiger partial charge in [0.15, 0.2) is 6.04 Å². The van der Waals surface area contributed by atoms with Gasteiger partial charge in [-0.15, -0.1) is 0 Å². The molecule has 0 bridgehead atoms. The molecule has 4 heteroatoms. The minimum Gasteiger partial charge on any atom is -0.480 e. The van der Waals surface area contributed by atoms with Gasteiger partial charge in [0, 0.05) is 5.69 Å². The molecule has 0 saturated carbocycles. The second kappa shape index (κ2) is 5.87. The minimum absolute atomic E-state index is 0.370. The molecule has 1 aromatic carbocycles. The third-order valence-corrected chi connectivity index (χ3v) is 2.37. The summed E-state index contributed by atoms with van der Waals surface area (Å²) in [5, 5.41) is 12.2. The van der Waals surface area contributed by atoms with Gasteiger partial charge in [0.25, 0.3) is 0 Å². The van der Waals surface area contributed by atoms with E-state index in [0.717, 1.165) is 5.69 Å². The van der Waals surface area contributed by atoms with Gasteiger partial charge in [-0.3, -0.25) is 0 Å². The molecule has 0 aliphatic carbocycles. The van der Waals surface area contributed by atoms with Crippen molar-refractivity contribution in [1.82, 2.24) is 0 Å². The first-order valence-corrected chi connectivity index (χ1v) is 6.02. The summed E-state index contributed by atoms with van der Waals surface area (Å²) >= 11 is 0. The molecule has 0 radical (unpaired) electrons. The maximum atomic E-state index is 11.3. The molecule has 0 aromatic heterocycles. The van der Waals surface area contributed by atoms with Crippen LogP contribution in [0.4, 0.5) is 5.69 Å². The lowest BCUT2D eigenvalue weighted by molar-refractivity contribution is -0.144. The van der Waals surface area contributed by atoms with Gasteiger partial charge in [-0.25, -0.2) is 4.79 Å². The third-order valence-electron chi connectivity index (χ3n) is 2.37. The van der Waals surface area contributed by atoms with Crippen LogP contribution in [0.15, 0.2) is 30.3 Å². The molecule has 1 rings (SSSR count). The highest BCUT2D eigenvalue weighted by Crippen LogP contribution is 2.16. The second-order valence-electron chi connectivity index (χ2n) is 5.26. The van der Waals surface area contributed by atoms with Gasteiger partial charge in [-0.05, 0) is 39.8 Å². The summed E-state index contributed by atoms with van der Waals surface area (Å²) in [6.45, 7) is 7.49. The van der Waals surface area contributed by atoms with Crippen molar-refractivity contribution in [3.63, 3.8) is 0 Å². The lowest BCUT2D eigenvalue weighted by Gasteiger charge is -2.29. The smallest absolute Gasteiger partial charge is 0.328 e. The van der Waals surface area contributed by atoms with E-state index < -0.39 is 18.1 Å². The maximum absolute atomic E-state index is 11.3. The van der Waals surface area contributed by atoms with E-state index in [1.54, 1.807) is 6.92 Å². The fraction of sp³-hybridized carbons (Fsp3) is 0.500. The Morgan fingerprint density at radius 3 is 2.28 bits per heavy atom. The Kier molecular flexibility index (Phi) is 4.73. The highest BCUT2D eigenvalue weighted by Gasteiger charge is 2.28. The highest BCUT2D eigenvalue weighted by molar-refractivity contribution is 5.78. The Morgan fingerprint density at radius 1 is 1.28 bits per heavy atom. The molecule has 2 N–H and O–H groups in total. The Balaban J connectivity index is 2.74. The summed E-state index contributed by atoms with van der Waals surface area (Å²) in [7, 11) is 0. The standard InChI is InChI=1S/C14H21NO3/c1-10(18-14(2,3)4)12(13(16)17)15-11-8-6-5-7-9-11/h5-10,12,15H,1-4H3,(H,16,17)/t10-,12-/m1/s1. The van der Waals surface area contributed by atoms with E-state index in [2.05, 4.69) is 5.32 Å². The number of rotatable bonds is 5. The first-order valence-electron chi connectivity index (χ1n) is 6.02. The van der Waals surface area contributed by atoms with E-state index in [0.29, 0.717) is 0 Å². The van der Waals surface area contributed by atoms with Crippen LogP contribution in [0.5, 0.6) is 0 Å². The highest BCUT2D eigenvalue weighted by atomic mass is 16.5. The van der Waals surface area contributed by atoms with E-state index in [1.165, 1.54) is 0 Å². The molecule has 0 aliphatic rings. The lowest BCUT2D eigenvalue weighted by Crippen LogP contribution is -2.43. The van der Waals surface area contributed by atoms with Gasteiger partial charge >= 0.3 is 5.97 Å². The largest absolute Gasteiger partial charge is 0.480 e. The first kappa shape index (κ1) is 14.5. The number of carbonyl (C=O) groups is 1. The van der Waals surface area contributed by atoms with Crippen molar-refractivity contribution < 1.29 is 14.6 Å². The van der Waals surface area contributed by atoms with E-state index in [-0.39, 0.29) is 5.60 Å². The van der Waals surface area contributed by atoms with Crippen LogP contribution in [-0.4, -0.2) is 28.8 Å². The fourth-order valence-electron chi connectivity index (χ4n) is 1.72. The van der Waals surface area contributed by atoms with Gasteiger partial charge in [0.05, 0.1) is 11.7 Å². The number of benzene rings is 1. The van der Waals surface area contributed by atoms with Crippen molar-refractivity contribution in [2.75, 3.05) is 5.32 Å². The Bertz CT molecular complexity index is 384. The van der Waals surface area contributed by atoms with Crippen LogP contribution in [-0.2, 0) is 9.53 Å². The predicted molar refractivity (Wildman–Crippen MR) is 71.8 cm³/mol. The lowest BCUT2D eigenvalue weighted by atomic mass is 10.1. The van der Waals surface area contributed by atoms with Gasteiger partial charge in [-0.2, -0.15) is 0 Å². The number of carboxylic acid groups (broad SMARTS) is 1. The zero-order chi connectivity index (χ0) is 13.8. The maximum Gasteiger partial charge on any atom is 0.328 e. The summed E-state index contributed by atoms with van der Waals surface area (Å²) in [5.41, 5.74) is 0.403. The van der Waals surface area contributed by atoms with Crippen LogP contribution in [0.3, 0.4) is 0 Å². The zero-order valence-electron chi connectivity index (χ0n) is 11.3. The molecule has 100 valence electrons. The first-order chi connectivity index (χ1) is 8.29. The molecule has 2 atom stereocenters. The van der Waals surface area contributed by atoms with E-state index in [4.69, 9.17) is 4.74 Å². The Morgan fingerprint density at radius 2 is 1.83 bits per heavy atom. The normalized spacial score (nSPS) is 14.9. The molecule has 0 spiro atoms. The number of aliphatic carboxylic acids is 1. The van der Waals surface area contributed by atoms with Crippen LogP contribution in [0.25, 0.3) is 0 Å². The number of anilines is 1. The number of hydrogen-bond donors (Lipinski definition) is 2. The average Bonchev–Trinajstić information content (AvgIpc) is 2.24. The molecule has 0 unspecified atom stereocenters. The zero-order valence-corrected chi connectivity index (χ0v) is 11.3. The Labute approximate surface area is 108 Å². The number of ether oxygens (including phenoxy) is 1. The van der Waals surface area contributed by atoms with Crippen LogP contribution in [0, 0.1) is 0 Å². The molecule has 0 fully saturated rings. The third kappa shape index (κ3) is 4.75. The van der Waals surface area contributed by atoms with E-state index >= 15 is 0 Å². The molecule has 4 nitrogen and oxygen atoms in total. The predicted octanol–water partition coefficient (Wildman–Crippen LogP) is 2.76. The van der Waals surface area contributed by atoms with Gasteiger partial charge in [-0.1, -0.05) is 18.2 Å². The van der Waals surface area contributed by atoms with Crippen LogP contribution < -0.4 is 5.32 Å². The summed E-state index contributed by atoms with van der Waals surface area (Å²) in [6.07, 6.45) is -0.428. The monoisotopic (exact) mass is 251 g/mol. The van der Waals surface area contributed by atoms with Gasteiger partial charge in [0.1, 0.15) is 0 Å². The van der Waals surface area contributed by atoms with Gasteiger partial charge in [0.2, 0.25) is 0 Å². The quantitative estimate of drug-likeness (QED) is 0.844. The summed E-state index contributed by atoms with van der Waals surface area (Å²) in [6, 6.07) is 8.49. The fourth-order valence-corrected chi connectivity index (χ4v) is 1.72. The minimum atomic E-state index is -0.921. The second-order valence-corrected chi connectivity index (χ2v) is 5.26. The average molecular weight is 251 g/mol. The number of para-hydroxylation sites is 1. The molecular weight excluding hydrogens is 230 g/mol. The molecule has 1 aromatic rings. The van der Waals surface area contributed by atoms with Gasteiger partial charge < -0.3 is 15.2 Å². The van der Waals surface area contributed by atoms with Crippen molar-refractivity contribution in [1.29, 1.82) is 0 Å². The van der Waals surface area contributed by atoms with Crippen LogP contribution in [0.2, 0.25) is 0 Å². The molecule has 0 heterocycles. The Hall–Kier alpha value is -1.55.